The third-order valence-electron chi connectivity index (χ3n) is 4.50. The minimum Gasteiger partial charge on any atom is -0.477 e. The molecule has 2 N–H and O–H groups in total. The van der Waals surface area contributed by atoms with Crippen molar-refractivity contribution in [2.24, 2.45) is 0 Å². The predicted molar refractivity (Wildman–Crippen MR) is 80.9 cm³/mol. The number of hydrogen-bond acceptors (Lipinski definition) is 3. The molecule has 0 atom stereocenters. The molecule has 0 saturated carbocycles. The standard InChI is InChI=1S/C15H17BFNO4/c1-14(2)15(3,4)22-16(21-14)11-9-6-5-8(17)7-10(9)18-12(11)13(19)20/h5-7,18H,1-4H3,(H,19,20). The molecule has 1 aromatic carbocycles. The molecule has 1 aliphatic rings. The average Bonchev–Trinajstić information content (AvgIpc) is 2.84. The number of aromatic carboxylic acids is 1. The van der Waals surface area contributed by atoms with Crippen LogP contribution in [0.2, 0.25) is 0 Å². The van der Waals surface area contributed by atoms with Crippen molar-refractivity contribution < 1.29 is 23.6 Å². The van der Waals surface area contributed by atoms with Gasteiger partial charge in [-0.15, -0.1) is 0 Å². The SMILES string of the molecule is CC1(C)OB(c2c(C(=O)O)[nH]c3cc(F)ccc23)OC1(C)C. The highest BCUT2D eigenvalue weighted by atomic mass is 19.1. The van der Waals surface area contributed by atoms with Gasteiger partial charge < -0.3 is 19.4 Å². The van der Waals surface area contributed by atoms with Crippen LogP contribution in [0.5, 0.6) is 0 Å². The fourth-order valence-corrected chi connectivity index (χ4v) is 2.57. The molecule has 0 radical (unpaired) electrons. The first kappa shape index (κ1) is 15.1. The Morgan fingerprint density at radius 2 is 1.82 bits per heavy atom. The van der Waals surface area contributed by atoms with Crippen molar-refractivity contribution >= 4 is 29.5 Å². The minimum absolute atomic E-state index is 0.0425. The summed E-state index contributed by atoms with van der Waals surface area (Å²) in [5.74, 6) is -1.58. The van der Waals surface area contributed by atoms with Gasteiger partial charge in [-0.1, -0.05) is 6.07 Å². The molecule has 1 fully saturated rings. The molecule has 7 heteroatoms. The fraction of sp³-hybridized carbons (Fsp3) is 0.400. The summed E-state index contributed by atoms with van der Waals surface area (Å²) in [4.78, 5) is 14.3. The molecular weight excluding hydrogens is 288 g/mol. The second kappa shape index (κ2) is 4.57. The smallest absolute Gasteiger partial charge is 0.477 e. The summed E-state index contributed by atoms with van der Waals surface area (Å²) in [7, 11) is -0.824. The molecule has 0 aliphatic carbocycles. The molecular formula is C15H17BFNO4. The van der Waals surface area contributed by atoms with Crippen LogP contribution in [0.1, 0.15) is 38.2 Å². The lowest BCUT2D eigenvalue weighted by atomic mass is 9.76. The Morgan fingerprint density at radius 3 is 2.36 bits per heavy atom. The van der Waals surface area contributed by atoms with Gasteiger partial charge in [0.15, 0.2) is 0 Å². The molecule has 1 aliphatic heterocycles. The van der Waals surface area contributed by atoms with E-state index in [0.29, 0.717) is 16.4 Å². The second-order valence-electron chi connectivity index (χ2n) is 6.50. The van der Waals surface area contributed by atoms with E-state index in [2.05, 4.69) is 4.98 Å². The molecule has 5 nitrogen and oxygen atoms in total. The number of carboxylic acid groups (broad SMARTS) is 1. The molecule has 116 valence electrons. The van der Waals surface area contributed by atoms with Crippen molar-refractivity contribution in [1.82, 2.24) is 4.98 Å². The summed E-state index contributed by atoms with van der Waals surface area (Å²) in [6.45, 7) is 7.56. The van der Waals surface area contributed by atoms with E-state index in [1.54, 1.807) is 0 Å². The topological polar surface area (TPSA) is 71.5 Å². The third-order valence-corrected chi connectivity index (χ3v) is 4.50. The van der Waals surface area contributed by atoms with Gasteiger partial charge in [0.2, 0.25) is 0 Å². The molecule has 0 unspecified atom stereocenters. The number of H-pyrrole nitrogens is 1. The van der Waals surface area contributed by atoms with Crippen molar-refractivity contribution in [2.75, 3.05) is 0 Å². The normalized spacial score (nSPS) is 19.8. The zero-order chi connectivity index (χ0) is 16.3. The Morgan fingerprint density at radius 1 is 1.23 bits per heavy atom. The molecule has 0 spiro atoms. The quantitative estimate of drug-likeness (QED) is 0.835. The Kier molecular flexibility index (Phi) is 3.13. The number of carboxylic acids is 1. The molecule has 1 aromatic heterocycles. The van der Waals surface area contributed by atoms with E-state index in [4.69, 9.17) is 9.31 Å². The maximum Gasteiger partial charge on any atom is 0.497 e. The zero-order valence-corrected chi connectivity index (χ0v) is 12.9. The van der Waals surface area contributed by atoms with E-state index in [1.807, 2.05) is 27.7 Å². The predicted octanol–water partition coefficient (Wildman–Crippen LogP) is 2.30. The maximum atomic E-state index is 13.4. The van der Waals surface area contributed by atoms with Gasteiger partial charge in [-0.2, -0.15) is 0 Å². The first-order chi connectivity index (χ1) is 10.1. The number of benzene rings is 1. The van der Waals surface area contributed by atoms with E-state index >= 15 is 0 Å². The number of rotatable bonds is 2. The van der Waals surface area contributed by atoms with Crippen LogP contribution in [0, 0.1) is 5.82 Å². The van der Waals surface area contributed by atoms with E-state index in [9.17, 15) is 14.3 Å². The number of fused-ring (bicyclic) bond motifs is 1. The fourth-order valence-electron chi connectivity index (χ4n) is 2.57. The maximum absolute atomic E-state index is 13.4. The summed E-state index contributed by atoms with van der Waals surface area (Å²) < 4.78 is 25.2. The van der Waals surface area contributed by atoms with Gasteiger partial charge in [0.25, 0.3) is 0 Å². The number of aromatic amines is 1. The Labute approximate surface area is 127 Å². The van der Waals surface area contributed by atoms with Crippen LogP contribution >= 0.6 is 0 Å². The summed E-state index contributed by atoms with van der Waals surface area (Å²) >= 11 is 0. The van der Waals surface area contributed by atoms with Crippen LogP contribution in [-0.2, 0) is 9.31 Å². The van der Waals surface area contributed by atoms with Crippen LogP contribution in [0.25, 0.3) is 10.9 Å². The Bertz CT molecular complexity index is 752. The molecule has 1 saturated heterocycles. The van der Waals surface area contributed by atoms with Gasteiger partial charge in [0, 0.05) is 16.4 Å². The van der Waals surface area contributed by atoms with Crippen molar-refractivity contribution in [3.8, 4) is 0 Å². The highest BCUT2D eigenvalue weighted by Crippen LogP contribution is 2.37. The molecule has 3 rings (SSSR count). The van der Waals surface area contributed by atoms with Crippen molar-refractivity contribution in [3.05, 3.63) is 29.7 Å². The monoisotopic (exact) mass is 305 g/mol. The lowest BCUT2D eigenvalue weighted by molar-refractivity contribution is 0.00578. The van der Waals surface area contributed by atoms with Crippen molar-refractivity contribution in [3.63, 3.8) is 0 Å². The Balaban J connectivity index is 2.18. The lowest BCUT2D eigenvalue weighted by Crippen LogP contribution is -2.41. The van der Waals surface area contributed by atoms with Gasteiger partial charge in [-0.05, 0) is 39.8 Å². The largest absolute Gasteiger partial charge is 0.497 e. The van der Waals surface area contributed by atoms with E-state index in [1.165, 1.54) is 18.2 Å². The molecule has 0 bridgehead atoms. The highest BCUT2D eigenvalue weighted by molar-refractivity contribution is 6.66. The number of carbonyl (C=O) groups is 1. The number of halogens is 1. The van der Waals surface area contributed by atoms with E-state index < -0.39 is 30.1 Å². The van der Waals surface area contributed by atoms with Crippen LogP contribution in [0.4, 0.5) is 4.39 Å². The van der Waals surface area contributed by atoms with Crippen molar-refractivity contribution in [1.29, 1.82) is 0 Å². The van der Waals surface area contributed by atoms with Gasteiger partial charge in [-0.3, -0.25) is 0 Å². The highest BCUT2D eigenvalue weighted by Gasteiger charge is 2.53. The molecule has 22 heavy (non-hydrogen) atoms. The summed E-state index contributed by atoms with van der Waals surface area (Å²) in [6, 6.07) is 4.08. The summed E-state index contributed by atoms with van der Waals surface area (Å²) in [5, 5.41) is 10.0. The van der Waals surface area contributed by atoms with Crippen molar-refractivity contribution in [2.45, 2.75) is 38.9 Å². The van der Waals surface area contributed by atoms with Crippen LogP contribution in [0.15, 0.2) is 18.2 Å². The summed E-state index contributed by atoms with van der Waals surface area (Å²) in [6.07, 6.45) is 0. The van der Waals surface area contributed by atoms with Crippen LogP contribution in [-0.4, -0.2) is 34.4 Å². The zero-order valence-electron chi connectivity index (χ0n) is 12.9. The second-order valence-corrected chi connectivity index (χ2v) is 6.50. The number of hydrogen-bond donors (Lipinski definition) is 2. The van der Waals surface area contributed by atoms with Gasteiger partial charge in [-0.25, -0.2) is 9.18 Å². The van der Waals surface area contributed by atoms with Gasteiger partial charge in [0.1, 0.15) is 11.5 Å². The van der Waals surface area contributed by atoms with Gasteiger partial charge >= 0.3 is 13.1 Å². The van der Waals surface area contributed by atoms with Gasteiger partial charge in [0.05, 0.1) is 11.2 Å². The van der Waals surface area contributed by atoms with E-state index in [-0.39, 0.29) is 5.69 Å². The van der Waals surface area contributed by atoms with Crippen LogP contribution < -0.4 is 5.46 Å². The first-order valence-electron chi connectivity index (χ1n) is 7.02. The number of aromatic nitrogens is 1. The summed E-state index contributed by atoms with van der Waals surface area (Å²) in [5.41, 5.74) is -0.420. The average molecular weight is 305 g/mol. The van der Waals surface area contributed by atoms with E-state index in [0.717, 1.165) is 0 Å². The third kappa shape index (κ3) is 2.12. The van der Waals surface area contributed by atoms with Crippen LogP contribution in [0.3, 0.4) is 0 Å². The lowest BCUT2D eigenvalue weighted by Gasteiger charge is -2.32. The first-order valence-corrected chi connectivity index (χ1v) is 7.02. The Hall–Kier alpha value is -1.86. The number of nitrogens with one attached hydrogen (secondary N) is 1. The minimum atomic E-state index is -1.14. The molecule has 2 heterocycles. The molecule has 2 aromatic rings. The molecule has 0 amide bonds.